The van der Waals surface area contributed by atoms with Crippen molar-refractivity contribution in [3.05, 3.63) is 74.9 Å². The average molecular weight is 501 g/mol. The van der Waals surface area contributed by atoms with Crippen LogP contribution in [0.15, 0.2) is 54.6 Å². The Morgan fingerprint density at radius 1 is 1.21 bits per heavy atom. The molecule has 2 aromatic rings. The number of rotatable bonds is 6. The maximum atomic E-state index is 13.1. The topological polar surface area (TPSA) is 38.3 Å². The van der Waals surface area contributed by atoms with Gasteiger partial charge in [-0.1, -0.05) is 55.5 Å². The molecule has 4 atom stereocenters. The van der Waals surface area contributed by atoms with Gasteiger partial charge in [0, 0.05) is 21.6 Å². The van der Waals surface area contributed by atoms with E-state index in [2.05, 4.69) is 53.0 Å². The number of benzene rings is 2. The number of carbonyl (C=O) groups is 1. The van der Waals surface area contributed by atoms with Crippen LogP contribution in [0.5, 0.6) is 0 Å². The van der Waals surface area contributed by atoms with Crippen LogP contribution in [-0.2, 0) is 16.0 Å². The summed E-state index contributed by atoms with van der Waals surface area (Å²) in [6, 6.07) is 17.6. The van der Waals surface area contributed by atoms with E-state index in [9.17, 15) is 4.79 Å². The summed E-state index contributed by atoms with van der Waals surface area (Å²) >= 11 is 2.42. The van der Waals surface area contributed by atoms with Crippen molar-refractivity contribution < 1.29 is 9.53 Å². The number of aryl methyl sites for hydroxylation is 1. The van der Waals surface area contributed by atoms with Gasteiger partial charge in [-0.2, -0.15) is 0 Å². The lowest BCUT2D eigenvalue weighted by atomic mass is 9.77. The molecule has 3 nitrogen and oxygen atoms in total. The normalized spacial score (nSPS) is 26.0. The Bertz CT molecular complexity index is 880. The SMILES string of the molecule is CCc1ccc([C@H]2C[C@H]3CCC(N3)C2C(=O)OC/C=C/c2ccccc2)cc1I. The standard InChI is InChI=1S/C25H28INO2/c1-2-18-10-11-19(15-22(18)26)21-16-20-12-13-23(27-20)24(21)25(28)29-14-6-9-17-7-4-3-5-8-17/h3-11,15,20-21,23-24,27H,2,12-14,16H2,1H3/b9-6+/t20-,21-,23?,24?/m1/s1. The van der Waals surface area contributed by atoms with Gasteiger partial charge in [0.25, 0.3) is 0 Å². The average Bonchev–Trinajstić information content (AvgIpc) is 3.12. The monoisotopic (exact) mass is 501 g/mol. The van der Waals surface area contributed by atoms with Gasteiger partial charge in [-0.3, -0.25) is 4.79 Å². The van der Waals surface area contributed by atoms with Crippen LogP contribution in [0, 0.1) is 9.49 Å². The molecule has 2 saturated heterocycles. The second kappa shape index (κ2) is 9.43. The Morgan fingerprint density at radius 3 is 2.79 bits per heavy atom. The lowest BCUT2D eigenvalue weighted by Crippen LogP contribution is -2.48. The van der Waals surface area contributed by atoms with Crippen LogP contribution in [-0.4, -0.2) is 24.7 Å². The Kier molecular flexibility index (Phi) is 6.70. The van der Waals surface area contributed by atoms with Gasteiger partial charge in [0.15, 0.2) is 0 Å². The highest BCUT2D eigenvalue weighted by molar-refractivity contribution is 14.1. The quantitative estimate of drug-likeness (QED) is 0.430. The van der Waals surface area contributed by atoms with Crippen molar-refractivity contribution in [1.82, 2.24) is 5.32 Å². The summed E-state index contributed by atoms with van der Waals surface area (Å²) in [5.41, 5.74) is 3.77. The van der Waals surface area contributed by atoms with E-state index in [1.165, 1.54) is 14.7 Å². The zero-order valence-corrected chi connectivity index (χ0v) is 19.0. The van der Waals surface area contributed by atoms with E-state index >= 15 is 0 Å². The zero-order valence-electron chi connectivity index (χ0n) is 16.8. The molecule has 4 rings (SSSR count). The lowest BCUT2D eigenvalue weighted by molar-refractivity contribution is -0.149. The number of hydrogen-bond donors (Lipinski definition) is 1. The number of esters is 1. The molecule has 0 aromatic heterocycles. The number of halogens is 1. The molecule has 2 fully saturated rings. The molecule has 2 aliphatic rings. The van der Waals surface area contributed by atoms with Gasteiger partial charge in [0.05, 0.1) is 5.92 Å². The summed E-state index contributed by atoms with van der Waals surface area (Å²) in [5.74, 6) is 0.0565. The molecule has 29 heavy (non-hydrogen) atoms. The van der Waals surface area contributed by atoms with Gasteiger partial charge in [-0.05, 0) is 77.1 Å². The first-order chi connectivity index (χ1) is 14.2. The molecular formula is C25H28INO2. The third kappa shape index (κ3) is 4.75. The highest BCUT2D eigenvalue weighted by Gasteiger charge is 2.46. The maximum absolute atomic E-state index is 13.1. The largest absolute Gasteiger partial charge is 0.461 e. The Labute approximate surface area is 187 Å². The van der Waals surface area contributed by atoms with Crippen LogP contribution in [0.2, 0.25) is 0 Å². The molecule has 2 bridgehead atoms. The van der Waals surface area contributed by atoms with Crippen LogP contribution in [0.4, 0.5) is 0 Å². The summed E-state index contributed by atoms with van der Waals surface area (Å²) in [7, 11) is 0. The third-order valence-corrected chi connectivity index (χ3v) is 7.28. The summed E-state index contributed by atoms with van der Waals surface area (Å²) in [6.45, 7) is 2.50. The molecule has 2 unspecified atom stereocenters. The number of carbonyl (C=O) groups excluding carboxylic acids is 1. The third-order valence-electron chi connectivity index (χ3n) is 6.27. The van der Waals surface area contributed by atoms with Gasteiger partial charge in [0.2, 0.25) is 0 Å². The molecule has 1 N–H and O–H groups in total. The molecule has 2 aliphatic heterocycles. The number of nitrogens with one attached hydrogen (secondary N) is 1. The van der Waals surface area contributed by atoms with Crippen LogP contribution in [0.25, 0.3) is 6.08 Å². The molecule has 2 heterocycles. The van der Waals surface area contributed by atoms with Gasteiger partial charge < -0.3 is 10.1 Å². The number of hydrogen-bond acceptors (Lipinski definition) is 3. The lowest BCUT2D eigenvalue weighted by Gasteiger charge is -2.36. The van der Waals surface area contributed by atoms with Crippen molar-refractivity contribution in [3.63, 3.8) is 0 Å². The first-order valence-electron chi connectivity index (χ1n) is 10.6. The summed E-state index contributed by atoms with van der Waals surface area (Å²) < 4.78 is 7.01. The van der Waals surface area contributed by atoms with E-state index in [1.54, 1.807) is 0 Å². The van der Waals surface area contributed by atoms with E-state index < -0.39 is 0 Å². The number of fused-ring (bicyclic) bond motifs is 2. The fourth-order valence-corrected chi connectivity index (χ4v) is 5.70. The van der Waals surface area contributed by atoms with E-state index in [0.717, 1.165) is 31.2 Å². The zero-order chi connectivity index (χ0) is 20.2. The van der Waals surface area contributed by atoms with Crippen molar-refractivity contribution in [1.29, 1.82) is 0 Å². The van der Waals surface area contributed by atoms with Gasteiger partial charge in [-0.25, -0.2) is 0 Å². The summed E-state index contributed by atoms with van der Waals surface area (Å²) in [5, 5.41) is 3.65. The molecule has 0 amide bonds. The molecule has 4 heteroatoms. The molecule has 0 aliphatic carbocycles. The highest BCUT2D eigenvalue weighted by atomic mass is 127. The first-order valence-corrected chi connectivity index (χ1v) is 11.7. The van der Waals surface area contributed by atoms with Gasteiger partial charge in [0.1, 0.15) is 6.61 Å². The Balaban J connectivity index is 1.47. The number of ether oxygens (including phenoxy) is 1. The van der Waals surface area contributed by atoms with Crippen molar-refractivity contribution >= 4 is 34.6 Å². The van der Waals surface area contributed by atoms with Crippen molar-refractivity contribution in [2.75, 3.05) is 6.61 Å². The van der Waals surface area contributed by atoms with Crippen LogP contribution < -0.4 is 5.32 Å². The van der Waals surface area contributed by atoms with Crippen LogP contribution in [0.3, 0.4) is 0 Å². The van der Waals surface area contributed by atoms with E-state index in [-0.39, 0.29) is 23.8 Å². The molecule has 152 valence electrons. The summed E-state index contributed by atoms with van der Waals surface area (Å²) in [6.07, 6.45) is 8.19. The van der Waals surface area contributed by atoms with Gasteiger partial charge in [-0.15, -0.1) is 0 Å². The second-order valence-corrected chi connectivity index (χ2v) is 9.23. The van der Waals surface area contributed by atoms with Crippen molar-refractivity contribution in [3.8, 4) is 0 Å². The van der Waals surface area contributed by atoms with Crippen molar-refractivity contribution in [2.45, 2.75) is 50.6 Å². The first kappa shape index (κ1) is 20.6. The minimum atomic E-state index is -0.109. The van der Waals surface area contributed by atoms with Gasteiger partial charge >= 0.3 is 5.97 Å². The van der Waals surface area contributed by atoms with E-state index in [4.69, 9.17) is 4.74 Å². The maximum Gasteiger partial charge on any atom is 0.311 e. The second-order valence-electron chi connectivity index (χ2n) is 8.06. The minimum absolute atomic E-state index is 0.0693. The molecular weight excluding hydrogens is 473 g/mol. The molecule has 2 aromatic carbocycles. The fourth-order valence-electron chi connectivity index (χ4n) is 4.78. The smallest absolute Gasteiger partial charge is 0.311 e. The fraction of sp³-hybridized carbons (Fsp3) is 0.400. The predicted octanol–water partition coefficient (Wildman–Crippen LogP) is 5.33. The summed E-state index contributed by atoms with van der Waals surface area (Å²) in [4.78, 5) is 13.1. The van der Waals surface area contributed by atoms with E-state index in [0.29, 0.717) is 12.6 Å². The minimum Gasteiger partial charge on any atom is -0.461 e. The number of piperidine rings is 1. The Hall–Kier alpha value is -1.66. The van der Waals surface area contributed by atoms with Crippen LogP contribution >= 0.6 is 22.6 Å². The Morgan fingerprint density at radius 2 is 2.03 bits per heavy atom. The van der Waals surface area contributed by atoms with Crippen molar-refractivity contribution in [2.24, 2.45) is 5.92 Å². The van der Waals surface area contributed by atoms with E-state index in [1.807, 2.05) is 42.5 Å². The highest BCUT2D eigenvalue weighted by Crippen LogP contribution is 2.42. The molecule has 0 saturated carbocycles. The molecule has 0 spiro atoms. The predicted molar refractivity (Wildman–Crippen MR) is 126 cm³/mol. The van der Waals surface area contributed by atoms with Crippen LogP contribution in [0.1, 0.15) is 48.8 Å². The molecule has 0 radical (unpaired) electrons.